The van der Waals surface area contributed by atoms with Crippen molar-refractivity contribution in [2.75, 3.05) is 39.6 Å². The maximum Gasteiger partial charge on any atom is 0.472 e. The summed E-state index contributed by atoms with van der Waals surface area (Å²) in [4.78, 5) is 73.1. The molecule has 3 N–H and O–H groups in total. The molecule has 0 aromatic rings. The third kappa shape index (κ3) is 77.4. The molecule has 0 spiro atoms. The highest BCUT2D eigenvalue weighted by Crippen LogP contribution is 2.45. The molecule has 0 aromatic heterocycles. The first-order valence-electron chi connectivity index (χ1n) is 41.4. The van der Waals surface area contributed by atoms with E-state index in [2.05, 4.69) is 161 Å². The van der Waals surface area contributed by atoms with Crippen LogP contribution in [-0.4, -0.2) is 96.7 Å². The number of carbonyl (C=O) groups excluding carboxylic acids is 4. The fourth-order valence-electron chi connectivity index (χ4n) is 10.8. The van der Waals surface area contributed by atoms with Gasteiger partial charge in [-0.05, 0) is 154 Å². The van der Waals surface area contributed by atoms with Crippen LogP contribution in [0.4, 0.5) is 0 Å². The van der Waals surface area contributed by atoms with Gasteiger partial charge < -0.3 is 33.8 Å². The van der Waals surface area contributed by atoms with E-state index in [-0.39, 0.29) is 25.7 Å². The van der Waals surface area contributed by atoms with E-state index in [1.54, 1.807) is 0 Å². The van der Waals surface area contributed by atoms with Crippen LogP contribution in [0.3, 0.4) is 0 Å². The first-order valence-corrected chi connectivity index (χ1v) is 44.4. The van der Waals surface area contributed by atoms with Crippen LogP contribution in [0.2, 0.25) is 0 Å². The Balaban J connectivity index is 5.37. The Morgan fingerprint density at radius 1 is 0.274 bits per heavy atom. The maximum atomic E-state index is 13.1. The molecule has 608 valence electrons. The van der Waals surface area contributed by atoms with Crippen molar-refractivity contribution in [2.45, 2.75) is 354 Å². The van der Waals surface area contributed by atoms with E-state index in [0.717, 1.165) is 225 Å². The van der Waals surface area contributed by atoms with Crippen LogP contribution in [0.1, 0.15) is 336 Å². The second-order valence-corrected chi connectivity index (χ2v) is 30.2. The van der Waals surface area contributed by atoms with Gasteiger partial charge in [-0.3, -0.25) is 37.3 Å². The molecule has 0 heterocycles. The Labute approximate surface area is 644 Å². The molecule has 0 aromatic carbocycles. The fourth-order valence-corrected chi connectivity index (χ4v) is 12.4. The number of rotatable bonds is 77. The molecule has 5 atom stereocenters. The smallest absolute Gasteiger partial charge is 0.462 e. The molecule has 0 aliphatic rings. The van der Waals surface area contributed by atoms with Gasteiger partial charge in [-0.1, -0.05) is 290 Å². The van der Waals surface area contributed by atoms with Crippen LogP contribution in [0, 0.1) is 0 Å². The third-order valence-corrected chi connectivity index (χ3v) is 19.0. The molecule has 5 unspecified atom stereocenters. The molecule has 0 saturated heterocycles. The standard InChI is InChI=1S/C87H148O17P2/c1-5-9-13-17-21-25-29-32-35-38-40-43-46-49-53-56-60-64-68-72-85(90)98-78-83(104-87(92)74-70-66-62-58-54-50-47-44-41-39-36-33-30-26-22-18-14-10-6-2)80-102-106(95,96)100-76-81(88)75-99-105(93,94)101-79-82(103-86(91)73-69-65-61-57-51-28-24-20-16-12-8-4)77-97-84(89)71-67-63-59-55-52-48-45-42-37-34-31-27-23-19-15-11-7-3/h9,11,13,15,20-27,32-37,40-41,43-44,81-83,88H,5-8,10,12,14,16-19,28-31,38-39,42,45-80H2,1-4H3,(H,93,94)(H,95,96)/b13-9-,15-11-,24-20-,25-21-,26-22-,27-23-,35-32-,36-33-,37-34-,43-40-,44-41-. The van der Waals surface area contributed by atoms with Gasteiger partial charge in [0.1, 0.15) is 19.3 Å². The van der Waals surface area contributed by atoms with Crippen molar-refractivity contribution >= 4 is 39.5 Å². The van der Waals surface area contributed by atoms with Gasteiger partial charge in [-0.25, -0.2) is 9.13 Å². The van der Waals surface area contributed by atoms with E-state index in [1.807, 2.05) is 0 Å². The van der Waals surface area contributed by atoms with Crippen molar-refractivity contribution in [1.29, 1.82) is 0 Å². The highest BCUT2D eigenvalue weighted by molar-refractivity contribution is 7.47. The quantitative estimate of drug-likeness (QED) is 0.0169. The van der Waals surface area contributed by atoms with Gasteiger partial charge >= 0.3 is 39.5 Å². The van der Waals surface area contributed by atoms with Gasteiger partial charge in [-0.15, -0.1) is 0 Å². The summed E-state index contributed by atoms with van der Waals surface area (Å²) >= 11 is 0. The number of phosphoric acid groups is 2. The zero-order chi connectivity index (χ0) is 77.4. The zero-order valence-corrected chi connectivity index (χ0v) is 68.4. The molecule has 0 fully saturated rings. The number of unbranched alkanes of at least 4 members (excludes halogenated alkanes) is 29. The summed E-state index contributed by atoms with van der Waals surface area (Å²) in [7, 11) is -9.98. The van der Waals surface area contributed by atoms with E-state index >= 15 is 0 Å². The lowest BCUT2D eigenvalue weighted by atomic mass is 10.1. The van der Waals surface area contributed by atoms with Crippen LogP contribution in [-0.2, 0) is 65.4 Å². The molecular formula is C87H148O17P2. The summed E-state index contributed by atoms with van der Waals surface area (Å²) in [5, 5.41) is 10.7. The highest BCUT2D eigenvalue weighted by Gasteiger charge is 2.30. The molecule has 0 aliphatic carbocycles. The Morgan fingerprint density at radius 2 is 0.500 bits per heavy atom. The molecule has 19 heteroatoms. The lowest BCUT2D eigenvalue weighted by molar-refractivity contribution is -0.161. The third-order valence-electron chi connectivity index (χ3n) is 17.1. The maximum absolute atomic E-state index is 13.1. The number of esters is 4. The molecule has 0 aliphatic heterocycles. The Morgan fingerprint density at radius 3 is 0.792 bits per heavy atom. The van der Waals surface area contributed by atoms with Crippen LogP contribution in [0.25, 0.3) is 0 Å². The fraction of sp³-hybridized carbons (Fsp3) is 0.701. The first-order chi connectivity index (χ1) is 51.7. The molecule has 0 bridgehead atoms. The van der Waals surface area contributed by atoms with Crippen LogP contribution in [0.15, 0.2) is 134 Å². The number of aliphatic hydroxyl groups excluding tert-OH is 1. The molecule has 0 amide bonds. The summed E-state index contributed by atoms with van der Waals surface area (Å²) in [6, 6.07) is 0. The lowest BCUT2D eigenvalue weighted by Gasteiger charge is -2.21. The van der Waals surface area contributed by atoms with Crippen molar-refractivity contribution < 1.29 is 80.2 Å². The van der Waals surface area contributed by atoms with Crippen LogP contribution >= 0.6 is 15.6 Å². The van der Waals surface area contributed by atoms with Gasteiger partial charge in [0, 0.05) is 25.7 Å². The van der Waals surface area contributed by atoms with Gasteiger partial charge in [-0.2, -0.15) is 0 Å². The second kappa shape index (κ2) is 78.3. The Hall–Kier alpha value is -4.80. The summed E-state index contributed by atoms with van der Waals surface area (Å²) in [6.45, 7) is 4.56. The van der Waals surface area contributed by atoms with Crippen LogP contribution in [0.5, 0.6) is 0 Å². The zero-order valence-electron chi connectivity index (χ0n) is 66.6. The summed E-state index contributed by atoms with van der Waals surface area (Å²) in [5.41, 5.74) is 0. The van der Waals surface area contributed by atoms with Crippen LogP contribution < -0.4 is 0 Å². The molecular weight excluding hydrogens is 1380 g/mol. The number of ether oxygens (including phenoxy) is 4. The molecule has 0 saturated carbocycles. The second-order valence-electron chi connectivity index (χ2n) is 27.3. The van der Waals surface area contributed by atoms with Crippen molar-refractivity contribution in [1.82, 2.24) is 0 Å². The topological polar surface area (TPSA) is 237 Å². The number of aliphatic hydroxyl groups is 1. The van der Waals surface area contributed by atoms with Gasteiger partial charge in [0.2, 0.25) is 0 Å². The predicted octanol–water partition coefficient (Wildman–Crippen LogP) is 24.4. The Bertz CT molecular complexity index is 2530. The monoisotopic (exact) mass is 1530 g/mol. The molecule has 17 nitrogen and oxygen atoms in total. The minimum atomic E-state index is -4.99. The normalized spacial score (nSPS) is 14.5. The highest BCUT2D eigenvalue weighted by atomic mass is 31.2. The van der Waals surface area contributed by atoms with Crippen molar-refractivity contribution in [3.8, 4) is 0 Å². The summed E-state index contributed by atoms with van der Waals surface area (Å²) in [5.74, 6) is -2.22. The number of hydrogen-bond donors (Lipinski definition) is 3. The van der Waals surface area contributed by atoms with Gasteiger partial charge in [0.15, 0.2) is 12.2 Å². The minimum Gasteiger partial charge on any atom is -0.462 e. The van der Waals surface area contributed by atoms with E-state index < -0.39 is 97.5 Å². The molecule has 106 heavy (non-hydrogen) atoms. The average Bonchev–Trinajstić information content (AvgIpc) is 0.901. The van der Waals surface area contributed by atoms with Gasteiger partial charge in [0.25, 0.3) is 0 Å². The molecule has 0 radical (unpaired) electrons. The predicted molar refractivity (Wildman–Crippen MR) is 436 cm³/mol. The summed E-state index contributed by atoms with van der Waals surface area (Å²) < 4.78 is 68.7. The Kier molecular flexibility index (Phi) is 74.8. The first kappa shape index (κ1) is 101. The SMILES string of the molecule is CC/C=C\C/C=C\C/C=C\C/C=C\CCCCCCCCC(=O)OCC(COP(=O)(O)OCC(O)COP(=O)(O)OCC(COC(=O)CCCCCCCCC/C=C\C/C=C\C/C=C\CC)OC(=O)CCCCCCC/C=C\CCCC)OC(=O)CCCCCCCC/C=C\C/C=C\C/C=C\CCCCC. The van der Waals surface area contributed by atoms with Crippen molar-refractivity contribution in [3.05, 3.63) is 134 Å². The van der Waals surface area contributed by atoms with E-state index in [9.17, 15) is 43.2 Å². The largest absolute Gasteiger partial charge is 0.472 e. The minimum absolute atomic E-state index is 0.0741. The average molecular weight is 1530 g/mol. The summed E-state index contributed by atoms with van der Waals surface area (Å²) in [6.07, 6.45) is 88.5. The van der Waals surface area contributed by atoms with Gasteiger partial charge in [0.05, 0.1) is 26.4 Å². The van der Waals surface area contributed by atoms with Crippen molar-refractivity contribution in [2.24, 2.45) is 0 Å². The van der Waals surface area contributed by atoms with E-state index in [0.29, 0.717) is 25.7 Å². The number of hydrogen-bond acceptors (Lipinski definition) is 15. The number of phosphoric ester groups is 2. The number of allylic oxidation sites excluding steroid dienone is 22. The molecule has 0 rings (SSSR count). The van der Waals surface area contributed by atoms with E-state index in [4.69, 9.17) is 37.0 Å². The van der Waals surface area contributed by atoms with Crippen molar-refractivity contribution in [3.63, 3.8) is 0 Å². The van der Waals surface area contributed by atoms with E-state index in [1.165, 1.54) is 32.1 Å². The lowest BCUT2D eigenvalue weighted by Crippen LogP contribution is -2.30. The number of carbonyl (C=O) groups is 4.